The van der Waals surface area contributed by atoms with Crippen LogP contribution in [0.1, 0.15) is 33.1 Å². The summed E-state index contributed by atoms with van der Waals surface area (Å²) in [6, 6.07) is 7.03. The Balaban J connectivity index is 2.63. The SMILES string of the molecule is CCCC(CC)Nc1ccc([N+](=O)[O-])cc1. The van der Waals surface area contributed by atoms with E-state index in [2.05, 4.69) is 19.2 Å². The van der Waals surface area contributed by atoms with Gasteiger partial charge in [0.2, 0.25) is 0 Å². The standard InChI is InChI=1S/C12H18N2O2/c1-3-5-10(4-2)13-11-6-8-12(9-7-11)14(15)16/h6-10,13H,3-5H2,1-2H3. The molecule has 0 heterocycles. The van der Waals surface area contributed by atoms with Crippen LogP contribution >= 0.6 is 0 Å². The summed E-state index contributed by atoms with van der Waals surface area (Å²) in [4.78, 5) is 10.1. The van der Waals surface area contributed by atoms with Gasteiger partial charge in [-0.15, -0.1) is 0 Å². The zero-order chi connectivity index (χ0) is 12.0. The average molecular weight is 222 g/mol. The molecular formula is C12H18N2O2. The Morgan fingerprint density at radius 3 is 2.38 bits per heavy atom. The molecule has 0 radical (unpaired) electrons. The van der Waals surface area contributed by atoms with E-state index in [1.54, 1.807) is 12.1 Å². The van der Waals surface area contributed by atoms with Gasteiger partial charge >= 0.3 is 0 Å². The highest BCUT2D eigenvalue weighted by atomic mass is 16.6. The van der Waals surface area contributed by atoms with Crippen LogP contribution in [-0.2, 0) is 0 Å². The minimum Gasteiger partial charge on any atom is -0.382 e. The Labute approximate surface area is 95.8 Å². The summed E-state index contributed by atoms with van der Waals surface area (Å²) in [7, 11) is 0. The fourth-order valence-corrected chi connectivity index (χ4v) is 1.64. The molecule has 0 fully saturated rings. The van der Waals surface area contributed by atoms with E-state index in [-0.39, 0.29) is 10.6 Å². The third kappa shape index (κ3) is 3.53. The number of nitrogens with one attached hydrogen (secondary N) is 1. The maximum atomic E-state index is 10.5. The van der Waals surface area contributed by atoms with Gasteiger partial charge in [-0.3, -0.25) is 10.1 Å². The summed E-state index contributed by atoms with van der Waals surface area (Å²) in [6.45, 7) is 4.29. The summed E-state index contributed by atoms with van der Waals surface area (Å²) < 4.78 is 0. The van der Waals surface area contributed by atoms with Crippen LogP contribution in [0.2, 0.25) is 0 Å². The van der Waals surface area contributed by atoms with Crippen molar-refractivity contribution >= 4 is 11.4 Å². The number of non-ortho nitro benzene ring substituents is 1. The van der Waals surface area contributed by atoms with Gasteiger partial charge < -0.3 is 5.32 Å². The van der Waals surface area contributed by atoms with Gasteiger partial charge in [-0.05, 0) is 25.0 Å². The van der Waals surface area contributed by atoms with E-state index in [0.29, 0.717) is 6.04 Å². The van der Waals surface area contributed by atoms with Crippen LogP contribution in [0, 0.1) is 10.1 Å². The fourth-order valence-electron chi connectivity index (χ4n) is 1.64. The molecule has 0 saturated carbocycles. The Hall–Kier alpha value is -1.58. The van der Waals surface area contributed by atoms with E-state index in [0.717, 1.165) is 24.9 Å². The average Bonchev–Trinajstić information content (AvgIpc) is 2.29. The number of benzene rings is 1. The molecule has 88 valence electrons. The lowest BCUT2D eigenvalue weighted by atomic mass is 10.1. The predicted molar refractivity (Wildman–Crippen MR) is 65.7 cm³/mol. The molecule has 1 aromatic carbocycles. The number of nitro groups is 1. The molecule has 1 atom stereocenters. The van der Waals surface area contributed by atoms with Crippen LogP contribution in [0.15, 0.2) is 24.3 Å². The molecule has 4 heteroatoms. The summed E-state index contributed by atoms with van der Waals surface area (Å²) in [5.74, 6) is 0. The van der Waals surface area contributed by atoms with Gasteiger partial charge in [0.05, 0.1) is 4.92 Å². The minimum absolute atomic E-state index is 0.133. The number of nitrogens with zero attached hydrogens (tertiary/aromatic N) is 1. The van der Waals surface area contributed by atoms with Gasteiger partial charge in [-0.1, -0.05) is 20.3 Å². The number of rotatable bonds is 6. The van der Waals surface area contributed by atoms with Crippen LogP contribution in [-0.4, -0.2) is 11.0 Å². The number of anilines is 1. The Morgan fingerprint density at radius 1 is 1.31 bits per heavy atom. The number of hydrogen-bond donors (Lipinski definition) is 1. The van der Waals surface area contributed by atoms with E-state index in [9.17, 15) is 10.1 Å². The first-order valence-electron chi connectivity index (χ1n) is 5.68. The fraction of sp³-hybridized carbons (Fsp3) is 0.500. The molecule has 4 nitrogen and oxygen atoms in total. The first kappa shape index (κ1) is 12.5. The van der Waals surface area contributed by atoms with Crippen LogP contribution in [0.25, 0.3) is 0 Å². The molecule has 1 N–H and O–H groups in total. The largest absolute Gasteiger partial charge is 0.382 e. The summed E-state index contributed by atoms with van der Waals surface area (Å²) in [6.07, 6.45) is 3.32. The molecule has 16 heavy (non-hydrogen) atoms. The summed E-state index contributed by atoms with van der Waals surface area (Å²) >= 11 is 0. The molecule has 0 aliphatic heterocycles. The van der Waals surface area contributed by atoms with Crippen molar-refractivity contribution in [2.45, 2.75) is 39.2 Å². The Morgan fingerprint density at radius 2 is 1.94 bits per heavy atom. The van der Waals surface area contributed by atoms with Gasteiger partial charge in [0, 0.05) is 23.9 Å². The van der Waals surface area contributed by atoms with Crippen LogP contribution < -0.4 is 5.32 Å². The maximum absolute atomic E-state index is 10.5. The van der Waals surface area contributed by atoms with Crippen LogP contribution in [0.5, 0.6) is 0 Å². The zero-order valence-corrected chi connectivity index (χ0v) is 9.77. The molecule has 1 rings (SSSR count). The Bertz CT molecular complexity index is 335. The molecular weight excluding hydrogens is 204 g/mol. The topological polar surface area (TPSA) is 55.2 Å². The molecule has 0 spiro atoms. The molecule has 0 aliphatic carbocycles. The molecule has 0 aromatic heterocycles. The summed E-state index contributed by atoms with van der Waals surface area (Å²) in [5, 5.41) is 13.9. The second-order valence-electron chi connectivity index (χ2n) is 3.84. The van der Waals surface area contributed by atoms with Gasteiger partial charge in [0.1, 0.15) is 0 Å². The van der Waals surface area contributed by atoms with Crippen molar-refractivity contribution in [1.82, 2.24) is 0 Å². The van der Waals surface area contributed by atoms with E-state index < -0.39 is 0 Å². The monoisotopic (exact) mass is 222 g/mol. The summed E-state index contributed by atoms with van der Waals surface area (Å²) in [5.41, 5.74) is 1.08. The number of nitro benzene ring substituents is 1. The molecule has 0 amide bonds. The molecule has 1 unspecified atom stereocenters. The van der Waals surface area contributed by atoms with Crippen molar-refractivity contribution in [3.05, 3.63) is 34.4 Å². The van der Waals surface area contributed by atoms with Gasteiger partial charge in [0.25, 0.3) is 5.69 Å². The van der Waals surface area contributed by atoms with Crippen molar-refractivity contribution in [2.24, 2.45) is 0 Å². The minimum atomic E-state index is -0.382. The highest BCUT2D eigenvalue weighted by molar-refractivity contribution is 5.49. The van der Waals surface area contributed by atoms with Gasteiger partial charge in [0.15, 0.2) is 0 Å². The first-order chi connectivity index (χ1) is 7.67. The third-order valence-corrected chi connectivity index (χ3v) is 2.58. The lowest BCUT2D eigenvalue weighted by molar-refractivity contribution is -0.384. The lowest BCUT2D eigenvalue weighted by Gasteiger charge is -2.17. The molecule has 0 saturated heterocycles. The smallest absolute Gasteiger partial charge is 0.269 e. The third-order valence-electron chi connectivity index (χ3n) is 2.58. The van der Waals surface area contributed by atoms with E-state index in [4.69, 9.17) is 0 Å². The van der Waals surface area contributed by atoms with Crippen molar-refractivity contribution in [3.8, 4) is 0 Å². The van der Waals surface area contributed by atoms with Gasteiger partial charge in [-0.2, -0.15) is 0 Å². The predicted octanol–water partition coefficient (Wildman–Crippen LogP) is 3.59. The van der Waals surface area contributed by atoms with Crippen molar-refractivity contribution in [3.63, 3.8) is 0 Å². The highest BCUT2D eigenvalue weighted by Gasteiger charge is 2.07. The molecule has 0 bridgehead atoms. The zero-order valence-electron chi connectivity index (χ0n) is 9.77. The van der Waals surface area contributed by atoms with Crippen molar-refractivity contribution < 1.29 is 4.92 Å². The normalized spacial score (nSPS) is 12.1. The lowest BCUT2D eigenvalue weighted by Crippen LogP contribution is -2.17. The van der Waals surface area contributed by atoms with Crippen LogP contribution in [0.4, 0.5) is 11.4 Å². The van der Waals surface area contributed by atoms with Crippen LogP contribution in [0.3, 0.4) is 0 Å². The van der Waals surface area contributed by atoms with E-state index in [1.165, 1.54) is 12.1 Å². The Kier molecular flexibility index (Phi) is 4.76. The van der Waals surface area contributed by atoms with E-state index in [1.807, 2.05) is 0 Å². The second kappa shape index (κ2) is 6.10. The number of hydrogen-bond acceptors (Lipinski definition) is 3. The molecule has 0 aliphatic rings. The molecule has 1 aromatic rings. The van der Waals surface area contributed by atoms with E-state index >= 15 is 0 Å². The highest BCUT2D eigenvalue weighted by Crippen LogP contribution is 2.17. The maximum Gasteiger partial charge on any atom is 0.269 e. The quantitative estimate of drug-likeness (QED) is 0.591. The van der Waals surface area contributed by atoms with Crippen molar-refractivity contribution in [2.75, 3.05) is 5.32 Å². The van der Waals surface area contributed by atoms with Crippen molar-refractivity contribution in [1.29, 1.82) is 0 Å². The second-order valence-corrected chi connectivity index (χ2v) is 3.84. The first-order valence-corrected chi connectivity index (χ1v) is 5.68. The van der Waals surface area contributed by atoms with Gasteiger partial charge in [-0.25, -0.2) is 0 Å².